The van der Waals surface area contributed by atoms with Gasteiger partial charge in [-0.2, -0.15) is 9.97 Å². The normalized spacial score (nSPS) is 17.2. The summed E-state index contributed by atoms with van der Waals surface area (Å²) >= 11 is 5.85. The number of anilines is 5. The number of aromatic nitrogens is 8. The molecule has 0 atom stereocenters. The second kappa shape index (κ2) is 21.6. The van der Waals surface area contributed by atoms with Gasteiger partial charge in [0.1, 0.15) is 34.3 Å². The number of carbonyl (C=O) groups excluding carboxylic acids is 2. The molecule has 4 aliphatic rings. The molecule has 2 aliphatic carbocycles. The number of fused-ring (bicyclic) bond motifs is 2. The summed E-state index contributed by atoms with van der Waals surface area (Å²) in [6, 6.07) is 7.97. The number of amides is 2. The van der Waals surface area contributed by atoms with Crippen molar-refractivity contribution in [3.63, 3.8) is 0 Å². The van der Waals surface area contributed by atoms with Crippen molar-refractivity contribution >= 4 is 74.4 Å². The zero-order valence-corrected chi connectivity index (χ0v) is 41.1. The van der Waals surface area contributed by atoms with Crippen molar-refractivity contribution in [1.82, 2.24) is 58.6 Å². The van der Waals surface area contributed by atoms with Crippen LogP contribution in [0.2, 0.25) is 5.28 Å². The number of carbonyl (C=O) groups is 2. The van der Waals surface area contributed by atoms with E-state index in [0.29, 0.717) is 17.2 Å². The summed E-state index contributed by atoms with van der Waals surface area (Å²) in [7, 11) is 10.8. The van der Waals surface area contributed by atoms with Crippen LogP contribution in [-0.2, 0) is 0 Å². The van der Waals surface area contributed by atoms with E-state index in [1.165, 1.54) is 22.2 Å². The highest BCUT2D eigenvalue weighted by molar-refractivity contribution is 6.28. The van der Waals surface area contributed by atoms with Crippen molar-refractivity contribution in [1.29, 1.82) is 0 Å². The molecule has 4 fully saturated rings. The third kappa shape index (κ3) is 11.0. The quantitative estimate of drug-likeness (QED) is 0.153. The van der Waals surface area contributed by atoms with Crippen molar-refractivity contribution in [3.8, 4) is 0 Å². The maximum absolute atomic E-state index is 15.4. The molecular formula is C48H63ClF2N16O2. The van der Waals surface area contributed by atoms with Crippen LogP contribution in [0.4, 0.5) is 37.7 Å². The van der Waals surface area contributed by atoms with E-state index in [1.54, 1.807) is 49.7 Å². The Morgan fingerprint density at radius 2 is 1.07 bits per heavy atom. The van der Waals surface area contributed by atoms with E-state index in [1.807, 2.05) is 24.3 Å². The van der Waals surface area contributed by atoms with Crippen molar-refractivity contribution in [3.05, 3.63) is 77.4 Å². The lowest BCUT2D eigenvalue weighted by atomic mass is 10.2. The fraction of sp³-hybridized carbons (Fsp3) is 0.500. The highest BCUT2D eigenvalue weighted by atomic mass is 35.5. The van der Waals surface area contributed by atoms with Gasteiger partial charge in [-0.3, -0.25) is 9.59 Å². The van der Waals surface area contributed by atoms with Gasteiger partial charge in [-0.05, 0) is 75.6 Å². The molecule has 6 aromatic heterocycles. The zero-order chi connectivity index (χ0) is 48.9. The first kappa shape index (κ1) is 49.2. The maximum atomic E-state index is 15.4. The molecule has 69 heavy (non-hydrogen) atoms. The maximum Gasteiger partial charge on any atom is 0.273 e. The molecule has 0 unspecified atom stereocenters. The van der Waals surface area contributed by atoms with Crippen molar-refractivity contribution in [2.75, 3.05) is 115 Å². The number of halogens is 3. The topological polar surface area (TPSA) is 179 Å². The minimum absolute atomic E-state index is 0.0539. The summed E-state index contributed by atoms with van der Waals surface area (Å²) in [6.07, 6.45) is 14.2. The molecule has 0 spiro atoms. The molecule has 18 nitrogen and oxygen atoms in total. The van der Waals surface area contributed by atoms with E-state index in [0.717, 1.165) is 127 Å². The summed E-state index contributed by atoms with van der Waals surface area (Å²) < 4.78 is 33.6. The van der Waals surface area contributed by atoms with Crippen LogP contribution in [0.5, 0.6) is 0 Å². The summed E-state index contributed by atoms with van der Waals surface area (Å²) in [5, 5.41) is 3.76. The number of nitrogen functional groups attached to an aromatic ring is 1. The van der Waals surface area contributed by atoms with E-state index in [9.17, 15) is 14.0 Å². The van der Waals surface area contributed by atoms with Gasteiger partial charge in [-0.1, -0.05) is 25.7 Å². The van der Waals surface area contributed by atoms with Crippen molar-refractivity contribution in [2.24, 2.45) is 0 Å². The fourth-order valence-electron chi connectivity index (χ4n) is 9.43. The Hall–Kier alpha value is -6.25. The average Bonchev–Trinajstić information content (AvgIpc) is 4.17. The number of rotatable bonds is 8. The number of pyridine rings is 2. The predicted octanol–water partition coefficient (Wildman–Crippen LogP) is 6.73. The lowest BCUT2D eigenvalue weighted by molar-refractivity contribution is 0.0803. The molecule has 2 saturated heterocycles. The summed E-state index contributed by atoms with van der Waals surface area (Å²) in [4.78, 5) is 63.1. The Balaban J connectivity index is 0.000000155. The molecule has 2 amide bonds. The van der Waals surface area contributed by atoms with Crippen LogP contribution in [0.1, 0.15) is 84.4 Å². The van der Waals surface area contributed by atoms with Gasteiger partial charge in [0.25, 0.3) is 11.8 Å². The summed E-state index contributed by atoms with van der Waals surface area (Å²) in [5.41, 5.74) is 8.05. The largest absolute Gasteiger partial charge is 0.397 e. The van der Waals surface area contributed by atoms with Crippen LogP contribution in [0.15, 0.2) is 49.1 Å². The summed E-state index contributed by atoms with van der Waals surface area (Å²) in [6.45, 7) is 8.25. The first-order valence-electron chi connectivity index (χ1n) is 23.7. The molecule has 10 rings (SSSR count). The Bertz CT molecular complexity index is 2720. The average molecular weight is 970 g/mol. The molecule has 0 bridgehead atoms. The molecule has 3 N–H and O–H groups in total. The lowest BCUT2D eigenvalue weighted by Crippen LogP contribution is -2.44. The van der Waals surface area contributed by atoms with Gasteiger partial charge >= 0.3 is 0 Å². The standard InChI is InChI=1S/C24H31FN8O.C14H16ClFN4O.C10H16N4/c1-30(2)23(34)21-20(25)18-15-27-24(29-22(18)33(21)17-6-4-5-7-17)28-16-8-9-19(26-14-16)32-12-10-31(3)11-13-32;1-19(2)13(21)11-10(16)9-7-17-14(15)18-12(9)20(11)8-5-3-4-6-8;1-13-4-6-14(7-5-13)10-3-2-9(11)8-12-10/h8-9,14-15,17H,4-7,10-13H2,1-3H3,(H,27,28,29);7-8H,3-6H2,1-2H3;2-3,8H,4-7,11H2,1H3. The molecule has 8 heterocycles. The van der Waals surface area contributed by atoms with Crippen molar-refractivity contribution < 1.29 is 18.4 Å². The number of hydrogen-bond donors (Lipinski definition) is 2. The van der Waals surface area contributed by atoms with E-state index in [2.05, 4.69) is 68.9 Å². The zero-order valence-electron chi connectivity index (χ0n) is 40.4. The van der Waals surface area contributed by atoms with Gasteiger partial charge in [-0.15, -0.1) is 0 Å². The molecule has 21 heteroatoms. The summed E-state index contributed by atoms with van der Waals surface area (Å²) in [5.74, 6) is 0.486. The van der Waals surface area contributed by atoms with Gasteiger partial charge in [0.2, 0.25) is 11.2 Å². The van der Waals surface area contributed by atoms with Crippen LogP contribution in [-0.4, -0.2) is 165 Å². The molecule has 368 valence electrons. The van der Waals surface area contributed by atoms with Crippen molar-refractivity contribution in [2.45, 2.75) is 63.5 Å². The van der Waals surface area contributed by atoms with Crippen LogP contribution in [0.3, 0.4) is 0 Å². The second-order valence-corrected chi connectivity index (χ2v) is 19.0. The van der Waals surface area contributed by atoms with Crippen LogP contribution < -0.4 is 20.9 Å². The fourth-order valence-corrected chi connectivity index (χ4v) is 9.55. The van der Waals surface area contributed by atoms with Gasteiger partial charge < -0.3 is 49.6 Å². The van der Waals surface area contributed by atoms with Crippen LogP contribution >= 0.6 is 11.6 Å². The smallest absolute Gasteiger partial charge is 0.273 e. The van der Waals surface area contributed by atoms with Crippen LogP contribution in [0, 0.1) is 11.6 Å². The highest BCUT2D eigenvalue weighted by Gasteiger charge is 2.33. The molecule has 0 radical (unpaired) electrons. The Kier molecular flexibility index (Phi) is 15.4. The number of nitrogens with two attached hydrogens (primary N) is 1. The molecule has 2 aliphatic heterocycles. The van der Waals surface area contributed by atoms with Gasteiger partial charge in [0, 0.05) is 105 Å². The number of hydrogen-bond acceptors (Lipinski definition) is 14. The van der Waals surface area contributed by atoms with E-state index in [4.69, 9.17) is 17.3 Å². The van der Waals surface area contributed by atoms with E-state index < -0.39 is 11.6 Å². The van der Waals surface area contributed by atoms with Gasteiger partial charge in [0.05, 0.1) is 34.5 Å². The Morgan fingerprint density at radius 1 is 0.623 bits per heavy atom. The van der Waals surface area contributed by atoms with Gasteiger partial charge in [-0.25, -0.2) is 28.7 Å². The first-order chi connectivity index (χ1) is 33.2. The molecule has 6 aromatic rings. The van der Waals surface area contributed by atoms with Gasteiger partial charge in [0.15, 0.2) is 11.6 Å². The minimum Gasteiger partial charge on any atom is -0.397 e. The number of likely N-dealkylation sites (N-methyl/N-ethyl adjacent to an activating group) is 2. The second-order valence-electron chi connectivity index (χ2n) is 18.7. The number of nitrogens with one attached hydrogen (secondary N) is 1. The van der Waals surface area contributed by atoms with E-state index >= 15 is 4.39 Å². The molecule has 2 saturated carbocycles. The predicted molar refractivity (Wildman–Crippen MR) is 267 cm³/mol. The molecular weight excluding hydrogens is 906 g/mol. The SMILES string of the molecule is CN(C)C(=O)c1c(F)c2cnc(Cl)nc2n1C1CCCC1.CN1CCN(c2ccc(N)cn2)CC1.CN1CCN(c2ccc(Nc3ncc4c(F)c(C(=O)N(C)C)n(C5CCCC5)c4n3)cn2)CC1. The van der Waals surface area contributed by atoms with E-state index in [-0.39, 0.29) is 51.3 Å². The van der Waals surface area contributed by atoms with Crippen LogP contribution in [0.25, 0.3) is 22.1 Å². The lowest BCUT2D eigenvalue weighted by Gasteiger charge is -2.33. The number of piperazine rings is 2. The third-order valence-corrected chi connectivity index (χ3v) is 13.5. The third-order valence-electron chi connectivity index (χ3n) is 13.4. The molecule has 0 aromatic carbocycles. The minimum atomic E-state index is -0.563. The Labute approximate surface area is 406 Å². The highest BCUT2D eigenvalue weighted by Crippen LogP contribution is 2.38. The Morgan fingerprint density at radius 3 is 1.51 bits per heavy atom. The monoisotopic (exact) mass is 968 g/mol. The first-order valence-corrected chi connectivity index (χ1v) is 24.1. The number of nitrogens with zero attached hydrogens (tertiary/aromatic N) is 14.